The molecule has 0 atom stereocenters. The molecule has 1 aliphatic rings. The number of carbonyl (C=O) groups is 1. The maximum Gasteiger partial charge on any atom is 0.222 e. The number of aryl methyl sites for hydroxylation is 1. The molecule has 1 saturated heterocycles. The minimum Gasteiger partial charge on any atom is -0.385 e. The number of nitrogens with zero attached hydrogens (tertiary/aromatic N) is 1. The molecule has 1 amide bonds. The highest BCUT2D eigenvalue weighted by molar-refractivity contribution is 5.76. The van der Waals surface area contributed by atoms with Gasteiger partial charge in [-0.3, -0.25) is 4.79 Å². The fourth-order valence-corrected chi connectivity index (χ4v) is 3.20. The first kappa shape index (κ1) is 17.3. The van der Waals surface area contributed by atoms with Crippen LogP contribution in [0.1, 0.15) is 30.4 Å². The van der Waals surface area contributed by atoms with E-state index in [4.69, 9.17) is 0 Å². The molecule has 2 aromatic rings. The molecule has 0 bridgehead atoms. The zero-order valence-corrected chi connectivity index (χ0v) is 14.9. The van der Waals surface area contributed by atoms with E-state index in [2.05, 4.69) is 58.9 Å². The third kappa shape index (κ3) is 5.24. The van der Waals surface area contributed by atoms with Crippen LogP contribution in [0.4, 0.5) is 11.4 Å². The first-order chi connectivity index (χ1) is 12.2. The van der Waals surface area contributed by atoms with Crippen molar-refractivity contribution in [3.8, 4) is 0 Å². The molecule has 0 radical (unpaired) electrons. The molecule has 3 rings (SSSR count). The molecule has 25 heavy (non-hydrogen) atoms. The van der Waals surface area contributed by atoms with E-state index in [-0.39, 0.29) is 5.91 Å². The topological polar surface area (TPSA) is 44.4 Å². The summed E-state index contributed by atoms with van der Waals surface area (Å²) in [6, 6.07) is 16.7. The van der Waals surface area contributed by atoms with Crippen LogP contribution in [-0.2, 0) is 11.3 Å². The van der Waals surface area contributed by atoms with Crippen molar-refractivity contribution in [2.75, 3.05) is 29.9 Å². The summed E-state index contributed by atoms with van der Waals surface area (Å²) < 4.78 is 0. The Morgan fingerprint density at radius 3 is 2.56 bits per heavy atom. The third-order valence-corrected chi connectivity index (χ3v) is 4.59. The summed E-state index contributed by atoms with van der Waals surface area (Å²) in [7, 11) is 0. The van der Waals surface area contributed by atoms with E-state index in [1.165, 1.54) is 24.1 Å². The SMILES string of the molecule is Cc1cccc(CNC(=O)CCNc2ccc(N3CCCC3)cc2)c1. The average Bonchev–Trinajstić information content (AvgIpc) is 3.15. The lowest BCUT2D eigenvalue weighted by Crippen LogP contribution is -2.24. The zero-order valence-electron chi connectivity index (χ0n) is 14.9. The molecule has 0 saturated carbocycles. The summed E-state index contributed by atoms with van der Waals surface area (Å²) >= 11 is 0. The summed E-state index contributed by atoms with van der Waals surface area (Å²) in [6.07, 6.45) is 3.05. The van der Waals surface area contributed by atoms with Gasteiger partial charge in [0.25, 0.3) is 0 Å². The Bertz CT molecular complexity index is 691. The van der Waals surface area contributed by atoms with Crippen molar-refractivity contribution in [2.24, 2.45) is 0 Å². The molecule has 0 spiro atoms. The minimum absolute atomic E-state index is 0.0719. The Hall–Kier alpha value is -2.49. The molecule has 0 aromatic heterocycles. The van der Waals surface area contributed by atoms with Gasteiger partial charge in [-0.2, -0.15) is 0 Å². The van der Waals surface area contributed by atoms with E-state index in [1.54, 1.807) is 0 Å². The molecule has 1 heterocycles. The Balaban J connectivity index is 1.37. The second-order valence-corrected chi connectivity index (χ2v) is 6.68. The van der Waals surface area contributed by atoms with Gasteiger partial charge in [0.2, 0.25) is 5.91 Å². The van der Waals surface area contributed by atoms with Gasteiger partial charge in [-0.15, -0.1) is 0 Å². The highest BCUT2D eigenvalue weighted by atomic mass is 16.1. The van der Waals surface area contributed by atoms with Crippen molar-refractivity contribution in [1.29, 1.82) is 0 Å². The van der Waals surface area contributed by atoms with Crippen LogP contribution in [0.2, 0.25) is 0 Å². The third-order valence-electron chi connectivity index (χ3n) is 4.59. The number of nitrogens with one attached hydrogen (secondary N) is 2. The van der Waals surface area contributed by atoms with E-state index in [0.29, 0.717) is 19.5 Å². The molecule has 1 aliphatic heterocycles. The number of hydrogen-bond donors (Lipinski definition) is 2. The zero-order chi connectivity index (χ0) is 17.5. The first-order valence-electron chi connectivity index (χ1n) is 9.12. The number of benzene rings is 2. The van der Waals surface area contributed by atoms with Gasteiger partial charge in [0.15, 0.2) is 0 Å². The second kappa shape index (κ2) is 8.56. The van der Waals surface area contributed by atoms with E-state index in [0.717, 1.165) is 24.3 Å². The van der Waals surface area contributed by atoms with Crippen molar-refractivity contribution in [1.82, 2.24) is 5.32 Å². The van der Waals surface area contributed by atoms with Crippen LogP contribution in [0.25, 0.3) is 0 Å². The molecule has 1 fully saturated rings. The molecule has 0 unspecified atom stereocenters. The van der Waals surface area contributed by atoms with Gasteiger partial charge < -0.3 is 15.5 Å². The highest BCUT2D eigenvalue weighted by Crippen LogP contribution is 2.21. The van der Waals surface area contributed by atoms with Crippen molar-refractivity contribution in [3.05, 3.63) is 59.7 Å². The van der Waals surface area contributed by atoms with Crippen LogP contribution < -0.4 is 15.5 Å². The Labute approximate surface area is 150 Å². The van der Waals surface area contributed by atoms with Crippen LogP contribution in [0.5, 0.6) is 0 Å². The predicted octanol–water partition coefficient (Wildman–Crippen LogP) is 3.71. The van der Waals surface area contributed by atoms with E-state index >= 15 is 0 Å². The lowest BCUT2D eigenvalue weighted by atomic mass is 10.1. The molecule has 0 aliphatic carbocycles. The Morgan fingerprint density at radius 2 is 1.84 bits per heavy atom. The van der Waals surface area contributed by atoms with E-state index in [1.807, 2.05) is 12.1 Å². The Morgan fingerprint density at radius 1 is 1.08 bits per heavy atom. The van der Waals surface area contributed by atoms with Gasteiger partial charge in [0, 0.05) is 44.0 Å². The number of hydrogen-bond acceptors (Lipinski definition) is 3. The van der Waals surface area contributed by atoms with Crippen molar-refractivity contribution >= 4 is 17.3 Å². The molecular formula is C21H27N3O. The van der Waals surface area contributed by atoms with Crippen molar-refractivity contribution in [2.45, 2.75) is 32.7 Å². The van der Waals surface area contributed by atoms with Crippen LogP contribution in [0, 0.1) is 6.92 Å². The van der Waals surface area contributed by atoms with E-state index < -0.39 is 0 Å². The van der Waals surface area contributed by atoms with Crippen LogP contribution in [-0.4, -0.2) is 25.5 Å². The van der Waals surface area contributed by atoms with E-state index in [9.17, 15) is 4.79 Å². The van der Waals surface area contributed by atoms with Crippen LogP contribution >= 0.6 is 0 Å². The summed E-state index contributed by atoms with van der Waals surface area (Å²) in [4.78, 5) is 14.4. The number of carbonyl (C=O) groups excluding carboxylic acids is 1. The monoisotopic (exact) mass is 337 g/mol. The lowest BCUT2D eigenvalue weighted by molar-refractivity contribution is -0.121. The smallest absolute Gasteiger partial charge is 0.222 e. The minimum atomic E-state index is 0.0719. The summed E-state index contributed by atoms with van der Waals surface area (Å²) in [5.41, 5.74) is 4.71. The van der Waals surface area contributed by atoms with Gasteiger partial charge in [-0.25, -0.2) is 0 Å². The molecule has 2 N–H and O–H groups in total. The number of rotatable bonds is 7. The fourth-order valence-electron chi connectivity index (χ4n) is 3.20. The van der Waals surface area contributed by atoms with Gasteiger partial charge in [-0.1, -0.05) is 29.8 Å². The largest absolute Gasteiger partial charge is 0.385 e. The van der Waals surface area contributed by atoms with Gasteiger partial charge in [0.05, 0.1) is 0 Å². The molecular weight excluding hydrogens is 310 g/mol. The summed E-state index contributed by atoms with van der Waals surface area (Å²) in [5.74, 6) is 0.0719. The second-order valence-electron chi connectivity index (χ2n) is 6.68. The summed E-state index contributed by atoms with van der Waals surface area (Å²) in [5, 5.41) is 6.29. The summed E-state index contributed by atoms with van der Waals surface area (Å²) in [6.45, 7) is 5.61. The molecule has 4 heteroatoms. The first-order valence-corrected chi connectivity index (χ1v) is 9.12. The van der Waals surface area contributed by atoms with Gasteiger partial charge in [-0.05, 0) is 49.6 Å². The lowest BCUT2D eigenvalue weighted by Gasteiger charge is -2.18. The molecule has 2 aromatic carbocycles. The normalized spacial score (nSPS) is 13.7. The number of anilines is 2. The average molecular weight is 337 g/mol. The van der Waals surface area contributed by atoms with Gasteiger partial charge >= 0.3 is 0 Å². The predicted molar refractivity (Wildman–Crippen MR) is 104 cm³/mol. The molecule has 4 nitrogen and oxygen atoms in total. The van der Waals surface area contributed by atoms with Crippen molar-refractivity contribution < 1.29 is 4.79 Å². The van der Waals surface area contributed by atoms with Crippen LogP contribution in [0.3, 0.4) is 0 Å². The van der Waals surface area contributed by atoms with Gasteiger partial charge in [0.1, 0.15) is 0 Å². The maximum absolute atomic E-state index is 12.0. The van der Waals surface area contributed by atoms with Crippen LogP contribution in [0.15, 0.2) is 48.5 Å². The number of amides is 1. The standard InChI is InChI=1S/C21H27N3O/c1-17-5-4-6-18(15-17)16-23-21(25)11-12-22-19-7-9-20(10-8-19)24-13-2-3-14-24/h4-10,15,22H,2-3,11-14,16H2,1H3,(H,23,25). The quantitative estimate of drug-likeness (QED) is 0.809. The molecule has 132 valence electrons. The van der Waals surface area contributed by atoms with Crippen molar-refractivity contribution in [3.63, 3.8) is 0 Å². The highest BCUT2D eigenvalue weighted by Gasteiger charge is 2.11. The fraction of sp³-hybridized carbons (Fsp3) is 0.381. The maximum atomic E-state index is 12.0. The Kier molecular flexibility index (Phi) is 5.94.